The molecular weight excluding hydrogens is 211 g/mol. The molecule has 0 unspecified atom stereocenters. The van der Waals surface area contributed by atoms with Gasteiger partial charge in [0.05, 0.1) is 13.2 Å². The Labute approximate surface area is 95.0 Å². The van der Waals surface area contributed by atoms with Crippen molar-refractivity contribution in [2.24, 2.45) is 0 Å². The molecule has 0 saturated heterocycles. The second kappa shape index (κ2) is 7.14. The van der Waals surface area contributed by atoms with Crippen LogP contribution >= 0.6 is 0 Å². The number of anilines is 1. The first-order chi connectivity index (χ1) is 7.77. The maximum atomic E-state index is 13.0. The quantitative estimate of drug-likeness (QED) is 0.659. The fourth-order valence-corrected chi connectivity index (χ4v) is 1.36. The zero-order chi connectivity index (χ0) is 11.8. The maximum absolute atomic E-state index is 13.0. The molecule has 0 fully saturated rings. The first kappa shape index (κ1) is 12.9. The first-order valence-corrected chi connectivity index (χ1v) is 5.12. The Bertz CT molecular complexity index is 302. The van der Waals surface area contributed by atoms with Crippen LogP contribution in [0.2, 0.25) is 0 Å². The van der Waals surface area contributed by atoms with Crippen LogP contribution in [0, 0.1) is 5.95 Å². The van der Waals surface area contributed by atoms with Crippen molar-refractivity contribution in [3.05, 3.63) is 24.3 Å². The molecule has 1 heterocycles. The van der Waals surface area contributed by atoms with Gasteiger partial charge in [0, 0.05) is 45.3 Å². The lowest BCUT2D eigenvalue weighted by atomic mass is 10.3. The molecule has 1 aromatic heterocycles. The Kier molecular flexibility index (Phi) is 5.74. The summed E-state index contributed by atoms with van der Waals surface area (Å²) in [6.45, 7) is 2.58. The molecule has 0 aliphatic carbocycles. The lowest BCUT2D eigenvalue weighted by molar-refractivity contribution is 0.190. The SMILES string of the molecule is COCCN(CCOC)c1ccnc(F)c1. The van der Waals surface area contributed by atoms with E-state index in [9.17, 15) is 4.39 Å². The van der Waals surface area contributed by atoms with Gasteiger partial charge in [0.1, 0.15) is 0 Å². The minimum absolute atomic E-state index is 0.475. The van der Waals surface area contributed by atoms with Gasteiger partial charge in [0.2, 0.25) is 5.95 Å². The molecular formula is C11H17FN2O2. The summed E-state index contributed by atoms with van der Waals surface area (Å²) in [5.74, 6) is -0.475. The van der Waals surface area contributed by atoms with Gasteiger partial charge in [0.15, 0.2) is 0 Å². The zero-order valence-corrected chi connectivity index (χ0v) is 9.65. The van der Waals surface area contributed by atoms with Gasteiger partial charge in [-0.25, -0.2) is 4.98 Å². The highest BCUT2D eigenvalue weighted by Crippen LogP contribution is 2.13. The van der Waals surface area contributed by atoms with Gasteiger partial charge in [-0.2, -0.15) is 4.39 Å². The van der Waals surface area contributed by atoms with E-state index < -0.39 is 5.95 Å². The van der Waals surface area contributed by atoms with E-state index in [0.717, 1.165) is 5.69 Å². The predicted molar refractivity (Wildman–Crippen MR) is 60.2 cm³/mol. The minimum Gasteiger partial charge on any atom is -0.383 e. The molecule has 0 atom stereocenters. The molecule has 0 N–H and O–H groups in total. The van der Waals surface area contributed by atoms with Crippen molar-refractivity contribution in [1.82, 2.24) is 4.98 Å². The molecule has 1 rings (SSSR count). The third-order valence-electron chi connectivity index (χ3n) is 2.21. The second-order valence-electron chi connectivity index (χ2n) is 3.31. The topological polar surface area (TPSA) is 34.6 Å². The van der Waals surface area contributed by atoms with E-state index in [1.165, 1.54) is 12.3 Å². The molecule has 0 bridgehead atoms. The van der Waals surface area contributed by atoms with Gasteiger partial charge in [0.25, 0.3) is 0 Å². The molecule has 16 heavy (non-hydrogen) atoms. The van der Waals surface area contributed by atoms with Crippen molar-refractivity contribution in [2.45, 2.75) is 0 Å². The van der Waals surface area contributed by atoms with Crippen molar-refractivity contribution in [3.63, 3.8) is 0 Å². The summed E-state index contributed by atoms with van der Waals surface area (Å²) in [4.78, 5) is 5.52. The van der Waals surface area contributed by atoms with E-state index in [4.69, 9.17) is 9.47 Å². The lowest BCUT2D eigenvalue weighted by Crippen LogP contribution is -2.30. The summed E-state index contributed by atoms with van der Waals surface area (Å²) in [6.07, 6.45) is 1.46. The van der Waals surface area contributed by atoms with Crippen molar-refractivity contribution in [2.75, 3.05) is 45.4 Å². The molecule has 90 valence electrons. The number of halogens is 1. The number of aromatic nitrogens is 1. The Morgan fingerprint density at radius 1 is 1.25 bits per heavy atom. The monoisotopic (exact) mass is 228 g/mol. The largest absolute Gasteiger partial charge is 0.383 e. The summed E-state index contributed by atoms with van der Waals surface area (Å²) in [5, 5.41) is 0. The minimum atomic E-state index is -0.475. The number of rotatable bonds is 7. The molecule has 4 nitrogen and oxygen atoms in total. The number of hydrogen-bond acceptors (Lipinski definition) is 4. The van der Waals surface area contributed by atoms with Crippen molar-refractivity contribution < 1.29 is 13.9 Å². The molecule has 1 aromatic rings. The Balaban J connectivity index is 2.66. The van der Waals surface area contributed by atoms with Crippen LogP contribution in [0.4, 0.5) is 10.1 Å². The van der Waals surface area contributed by atoms with Gasteiger partial charge in [-0.3, -0.25) is 0 Å². The van der Waals surface area contributed by atoms with Crippen molar-refractivity contribution in [3.8, 4) is 0 Å². The molecule has 0 radical (unpaired) electrons. The average molecular weight is 228 g/mol. The summed E-state index contributed by atoms with van der Waals surface area (Å²) in [5.41, 5.74) is 0.793. The fraction of sp³-hybridized carbons (Fsp3) is 0.545. The number of methoxy groups -OCH3 is 2. The van der Waals surface area contributed by atoms with E-state index >= 15 is 0 Å². The van der Waals surface area contributed by atoms with Crippen LogP contribution in [0.1, 0.15) is 0 Å². The second-order valence-corrected chi connectivity index (χ2v) is 3.31. The summed E-state index contributed by atoms with van der Waals surface area (Å²) in [6, 6.07) is 3.18. The fourth-order valence-electron chi connectivity index (χ4n) is 1.36. The van der Waals surface area contributed by atoms with Crippen LogP contribution in [0.5, 0.6) is 0 Å². The Morgan fingerprint density at radius 2 is 1.88 bits per heavy atom. The summed E-state index contributed by atoms with van der Waals surface area (Å²) < 4.78 is 23.0. The van der Waals surface area contributed by atoms with Crippen LogP contribution in [0.3, 0.4) is 0 Å². The van der Waals surface area contributed by atoms with Gasteiger partial charge in [-0.15, -0.1) is 0 Å². The van der Waals surface area contributed by atoms with Crippen molar-refractivity contribution in [1.29, 1.82) is 0 Å². The highest BCUT2D eigenvalue weighted by Gasteiger charge is 2.07. The van der Waals surface area contributed by atoms with Crippen molar-refractivity contribution >= 4 is 5.69 Å². The van der Waals surface area contributed by atoms with Gasteiger partial charge in [-0.1, -0.05) is 0 Å². The standard InChI is InChI=1S/C11H17FN2O2/c1-15-7-5-14(6-8-16-2)10-3-4-13-11(12)9-10/h3-4,9H,5-8H2,1-2H3. The van der Waals surface area contributed by atoms with Crippen LogP contribution in [-0.4, -0.2) is 45.5 Å². The van der Waals surface area contributed by atoms with Gasteiger partial charge >= 0.3 is 0 Å². The maximum Gasteiger partial charge on any atom is 0.214 e. The highest BCUT2D eigenvalue weighted by molar-refractivity contribution is 5.44. The Hall–Kier alpha value is -1.20. The average Bonchev–Trinajstić information content (AvgIpc) is 2.29. The smallest absolute Gasteiger partial charge is 0.214 e. The van der Waals surface area contributed by atoms with Crippen LogP contribution < -0.4 is 4.90 Å². The molecule has 0 saturated carbocycles. The number of ether oxygens (including phenoxy) is 2. The van der Waals surface area contributed by atoms with E-state index in [2.05, 4.69) is 4.98 Å². The van der Waals surface area contributed by atoms with Crippen LogP contribution in [0.25, 0.3) is 0 Å². The normalized spacial score (nSPS) is 10.4. The molecule has 0 aliphatic rings. The number of hydrogen-bond donors (Lipinski definition) is 0. The van der Waals surface area contributed by atoms with E-state index in [1.807, 2.05) is 4.90 Å². The van der Waals surface area contributed by atoms with E-state index in [1.54, 1.807) is 20.3 Å². The van der Waals surface area contributed by atoms with Crippen LogP contribution in [-0.2, 0) is 9.47 Å². The summed E-state index contributed by atoms with van der Waals surface area (Å²) in [7, 11) is 3.28. The molecule has 0 spiro atoms. The van der Waals surface area contributed by atoms with Gasteiger partial charge < -0.3 is 14.4 Å². The highest BCUT2D eigenvalue weighted by atomic mass is 19.1. The van der Waals surface area contributed by atoms with E-state index in [-0.39, 0.29) is 0 Å². The molecule has 0 aliphatic heterocycles. The lowest BCUT2D eigenvalue weighted by Gasteiger charge is -2.23. The Morgan fingerprint density at radius 3 is 2.38 bits per heavy atom. The molecule has 0 amide bonds. The summed E-state index contributed by atoms with van der Waals surface area (Å²) >= 11 is 0. The first-order valence-electron chi connectivity index (χ1n) is 5.12. The third kappa shape index (κ3) is 4.12. The predicted octanol–water partition coefficient (Wildman–Crippen LogP) is 1.32. The number of nitrogens with zero attached hydrogens (tertiary/aromatic N) is 2. The zero-order valence-electron chi connectivity index (χ0n) is 9.65. The molecule has 5 heteroatoms. The van der Waals surface area contributed by atoms with E-state index in [0.29, 0.717) is 26.3 Å². The number of pyridine rings is 1. The third-order valence-corrected chi connectivity index (χ3v) is 2.21. The van der Waals surface area contributed by atoms with Crippen LogP contribution in [0.15, 0.2) is 18.3 Å². The molecule has 0 aromatic carbocycles. The van der Waals surface area contributed by atoms with Gasteiger partial charge in [-0.05, 0) is 6.07 Å².